The van der Waals surface area contributed by atoms with Gasteiger partial charge in [-0.2, -0.15) is 0 Å². The fraction of sp³-hybridized carbons (Fsp3) is 0.222. The zero-order chi connectivity index (χ0) is 8.39. The van der Waals surface area contributed by atoms with Gasteiger partial charge in [0.2, 0.25) is 0 Å². The van der Waals surface area contributed by atoms with Crippen molar-refractivity contribution in [1.29, 1.82) is 0 Å². The van der Waals surface area contributed by atoms with E-state index in [1.54, 1.807) is 11.3 Å². The summed E-state index contributed by atoms with van der Waals surface area (Å²) in [5, 5.41) is 5.38. The first-order valence-corrected chi connectivity index (χ1v) is 4.86. The van der Waals surface area contributed by atoms with Gasteiger partial charge >= 0.3 is 0 Å². The highest BCUT2D eigenvalue weighted by atomic mass is 32.1. The van der Waals surface area contributed by atoms with Gasteiger partial charge in [-0.05, 0) is 24.4 Å². The second-order valence-electron chi connectivity index (χ2n) is 2.52. The van der Waals surface area contributed by atoms with Crippen molar-refractivity contribution in [1.82, 2.24) is 4.98 Å². The smallest absolute Gasteiger partial charge is 0.0830 e. The third-order valence-electron chi connectivity index (χ3n) is 1.71. The number of fused-ring (bicyclic) bond motifs is 1. The normalized spacial score (nSPS) is 10.4. The van der Waals surface area contributed by atoms with Crippen LogP contribution >= 0.6 is 11.3 Å². The highest BCUT2D eigenvalue weighted by Gasteiger charge is 2.00. The minimum atomic E-state index is 0.955. The SMILES string of the molecule is CCNc1ccnc2ccsc12. The number of hydrogen-bond donors (Lipinski definition) is 1. The molecule has 0 bridgehead atoms. The molecule has 0 unspecified atom stereocenters. The third-order valence-corrected chi connectivity index (χ3v) is 2.65. The Morgan fingerprint density at radius 1 is 1.50 bits per heavy atom. The van der Waals surface area contributed by atoms with E-state index in [4.69, 9.17) is 0 Å². The Kier molecular flexibility index (Phi) is 1.96. The molecule has 0 fully saturated rings. The van der Waals surface area contributed by atoms with E-state index in [9.17, 15) is 0 Å². The minimum Gasteiger partial charge on any atom is -0.384 e. The number of pyridine rings is 1. The first-order valence-electron chi connectivity index (χ1n) is 3.98. The standard InChI is InChI=1S/C9H10N2S/c1-2-10-7-3-5-11-8-4-6-12-9(7)8/h3-6H,2H2,1H3,(H,10,11). The van der Waals surface area contributed by atoms with E-state index >= 15 is 0 Å². The van der Waals surface area contributed by atoms with Crippen molar-refractivity contribution in [2.75, 3.05) is 11.9 Å². The Hall–Kier alpha value is -1.09. The summed E-state index contributed by atoms with van der Waals surface area (Å²) >= 11 is 1.73. The lowest BCUT2D eigenvalue weighted by atomic mass is 10.3. The van der Waals surface area contributed by atoms with E-state index in [-0.39, 0.29) is 0 Å². The van der Waals surface area contributed by atoms with Gasteiger partial charge in [0.15, 0.2) is 0 Å². The van der Waals surface area contributed by atoms with E-state index in [1.807, 2.05) is 18.3 Å². The molecule has 2 aromatic rings. The molecule has 3 heteroatoms. The van der Waals surface area contributed by atoms with Gasteiger partial charge in [-0.1, -0.05) is 0 Å². The average Bonchev–Trinajstić information content (AvgIpc) is 2.53. The van der Waals surface area contributed by atoms with E-state index in [1.165, 1.54) is 10.4 Å². The predicted molar refractivity (Wildman–Crippen MR) is 53.8 cm³/mol. The Balaban J connectivity index is 2.57. The van der Waals surface area contributed by atoms with E-state index in [2.05, 4.69) is 22.6 Å². The van der Waals surface area contributed by atoms with Crippen LogP contribution in [0.4, 0.5) is 5.69 Å². The van der Waals surface area contributed by atoms with Gasteiger partial charge in [-0.3, -0.25) is 4.98 Å². The molecular formula is C9H10N2S. The predicted octanol–water partition coefficient (Wildman–Crippen LogP) is 2.73. The van der Waals surface area contributed by atoms with Crippen molar-refractivity contribution in [3.63, 3.8) is 0 Å². The number of anilines is 1. The number of hydrogen-bond acceptors (Lipinski definition) is 3. The van der Waals surface area contributed by atoms with Crippen LogP contribution in [0.15, 0.2) is 23.7 Å². The Labute approximate surface area is 75.3 Å². The number of nitrogens with one attached hydrogen (secondary N) is 1. The van der Waals surface area contributed by atoms with Crippen LogP contribution in [0.2, 0.25) is 0 Å². The molecule has 0 saturated heterocycles. The highest BCUT2D eigenvalue weighted by Crippen LogP contribution is 2.26. The van der Waals surface area contributed by atoms with E-state index in [0.29, 0.717) is 0 Å². The number of nitrogens with zero attached hydrogens (tertiary/aromatic N) is 1. The van der Waals surface area contributed by atoms with Crippen LogP contribution in [0.3, 0.4) is 0 Å². The molecule has 0 atom stereocenters. The van der Waals surface area contributed by atoms with Crippen LogP contribution < -0.4 is 5.32 Å². The van der Waals surface area contributed by atoms with Crippen molar-refractivity contribution in [2.45, 2.75) is 6.92 Å². The number of thiophene rings is 1. The molecule has 0 aromatic carbocycles. The van der Waals surface area contributed by atoms with Crippen LogP contribution in [-0.2, 0) is 0 Å². The molecule has 62 valence electrons. The monoisotopic (exact) mass is 178 g/mol. The maximum atomic E-state index is 4.25. The molecule has 12 heavy (non-hydrogen) atoms. The minimum absolute atomic E-state index is 0.955. The van der Waals surface area contributed by atoms with Gasteiger partial charge in [0, 0.05) is 12.7 Å². The Morgan fingerprint density at radius 2 is 2.42 bits per heavy atom. The fourth-order valence-electron chi connectivity index (χ4n) is 1.20. The van der Waals surface area contributed by atoms with Crippen LogP contribution in [0.5, 0.6) is 0 Å². The molecular weight excluding hydrogens is 168 g/mol. The molecule has 0 saturated carbocycles. The van der Waals surface area contributed by atoms with E-state index in [0.717, 1.165) is 12.1 Å². The number of aromatic nitrogens is 1. The molecule has 0 spiro atoms. The lowest BCUT2D eigenvalue weighted by Crippen LogP contribution is -1.96. The maximum Gasteiger partial charge on any atom is 0.0830 e. The van der Waals surface area contributed by atoms with Gasteiger partial charge in [-0.15, -0.1) is 11.3 Å². The van der Waals surface area contributed by atoms with Gasteiger partial charge in [-0.25, -0.2) is 0 Å². The van der Waals surface area contributed by atoms with E-state index < -0.39 is 0 Å². The van der Waals surface area contributed by atoms with Crippen molar-refractivity contribution in [3.05, 3.63) is 23.7 Å². The van der Waals surface area contributed by atoms with Crippen LogP contribution in [0.1, 0.15) is 6.92 Å². The summed E-state index contributed by atoms with van der Waals surface area (Å²) < 4.78 is 1.25. The molecule has 2 rings (SSSR count). The summed E-state index contributed by atoms with van der Waals surface area (Å²) in [6, 6.07) is 4.06. The topological polar surface area (TPSA) is 24.9 Å². The molecule has 2 heterocycles. The first-order chi connectivity index (χ1) is 5.92. The number of rotatable bonds is 2. The molecule has 0 amide bonds. The molecule has 2 nitrogen and oxygen atoms in total. The Morgan fingerprint density at radius 3 is 3.25 bits per heavy atom. The zero-order valence-electron chi connectivity index (χ0n) is 6.87. The summed E-state index contributed by atoms with van der Waals surface area (Å²) in [4.78, 5) is 4.25. The molecule has 2 aromatic heterocycles. The van der Waals surface area contributed by atoms with Crippen LogP contribution in [-0.4, -0.2) is 11.5 Å². The van der Waals surface area contributed by atoms with Gasteiger partial charge < -0.3 is 5.32 Å². The van der Waals surface area contributed by atoms with Gasteiger partial charge in [0.05, 0.1) is 15.9 Å². The van der Waals surface area contributed by atoms with Gasteiger partial charge in [0.1, 0.15) is 0 Å². The Bertz CT molecular complexity index is 381. The third kappa shape index (κ3) is 1.16. The quantitative estimate of drug-likeness (QED) is 0.764. The van der Waals surface area contributed by atoms with Crippen molar-refractivity contribution >= 4 is 27.2 Å². The van der Waals surface area contributed by atoms with Crippen molar-refractivity contribution < 1.29 is 0 Å². The fourth-order valence-corrected chi connectivity index (χ4v) is 2.04. The lowest BCUT2D eigenvalue weighted by molar-refractivity contribution is 1.22. The molecule has 1 N–H and O–H groups in total. The largest absolute Gasteiger partial charge is 0.384 e. The van der Waals surface area contributed by atoms with Crippen molar-refractivity contribution in [3.8, 4) is 0 Å². The highest BCUT2D eigenvalue weighted by molar-refractivity contribution is 7.17. The molecule has 0 aliphatic rings. The lowest BCUT2D eigenvalue weighted by Gasteiger charge is -2.02. The van der Waals surface area contributed by atoms with Gasteiger partial charge in [0.25, 0.3) is 0 Å². The molecule has 0 aliphatic carbocycles. The summed E-state index contributed by atoms with van der Waals surface area (Å²) in [5.41, 5.74) is 2.27. The summed E-state index contributed by atoms with van der Waals surface area (Å²) in [6.07, 6.45) is 1.84. The second kappa shape index (κ2) is 3.11. The zero-order valence-corrected chi connectivity index (χ0v) is 7.69. The second-order valence-corrected chi connectivity index (χ2v) is 3.44. The summed E-state index contributed by atoms with van der Waals surface area (Å²) in [7, 11) is 0. The summed E-state index contributed by atoms with van der Waals surface area (Å²) in [5.74, 6) is 0. The summed E-state index contributed by atoms with van der Waals surface area (Å²) in [6.45, 7) is 3.05. The molecule has 0 aliphatic heterocycles. The molecule has 0 radical (unpaired) electrons. The van der Waals surface area contributed by atoms with Crippen LogP contribution in [0, 0.1) is 0 Å². The maximum absolute atomic E-state index is 4.25. The first kappa shape index (κ1) is 7.55. The van der Waals surface area contributed by atoms with Crippen LogP contribution in [0.25, 0.3) is 10.2 Å². The van der Waals surface area contributed by atoms with Crippen molar-refractivity contribution in [2.24, 2.45) is 0 Å². The average molecular weight is 178 g/mol.